The van der Waals surface area contributed by atoms with E-state index in [1.807, 2.05) is 42.7 Å². The average Bonchev–Trinajstić information content (AvgIpc) is 3.07. The van der Waals surface area contributed by atoms with Crippen LogP contribution in [0, 0.1) is 5.41 Å². The van der Waals surface area contributed by atoms with E-state index in [-0.39, 0.29) is 31.4 Å². The van der Waals surface area contributed by atoms with Crippen LogP contribution >= 0.6 is 24.0 Å². The second kappa shape index (κ2) is 15.5. The first-order valence-corrected chi connectivity index (χ1v) is 16.0. The van der Waals surface area contributed by atoms with Crippen LogP contribution in [0.15, 0.2) is 97.1 Å². The molecule has 8 nitrogen and oxygen atoms in total. The standard InChI is InChI=1S/C34H36N2O6S2/c1-4-41-32(39)34(21-19-29(20-22-34)42-31(38)26-11-7-5-8-12-26)23-24-35(30(37)25-15-17-28(40-2)18-16-25)36(33(43)44-3)27-13-9-6-10-14-27/h5-19,21,29H,4,20,22-24H2,1-3H3. The van der Waals surface area contributed by atoms with Crippen LogP contribution in [0.2, 0.25) is 0 Å². The van der Waals surface area contributed by atoms with Crippen molar-refractivity contribution in [2.24, 2.45) is 5.41 Å². The van der Waals surface area contributed by atoms with E-state index in [4.69, 9.17) is 26.4 Å². The van der Waals surface area contributed by atoms with Crippen molar-refractivity contribution >= 4 is 51.8 Å². The fourth-order valence-corrected chi connectivity index (χ4v) is 5.56. The van der Waals surface area contributed by atoms with Crippen molar-refractivity contribution in [2.75, 3.05) is 31.5 Å². The number of thioether (sulfide) groups is 1. The molecule has 2 unspecified atom stereocenters. The van der Waals surface area contributed by atoms with Crippen LogP contribution in [-0.4, -0.2) is 59.8 Å². The Morgan fingerprint density at radius 2 is 1.61 bits per heavy atom. The molecule has 0 saturated heterocycles. The summed E-state index contributed by atoms with van der Waals surface area (Å²) in [6.45, 7) is 2.12. The van der Waals surface area contributed by atoms with Crippen LogP contribution in [0.4, 0.5) is 5.69 Å². The summed E-state index contributed by atoms with van der Waals surface area (Å²) in [5.41, 5.74) is 0.577. The van der Waals surface area contributed by atoms with Gasteiger partial charge in [0.2, 0.25) is 0 Å². The summed E-state index contributed by atoms with van der Waals surface area (Å²) in [6, 6.07) is 25.0. The van der Waals surface area contributed by atoms with Crippen LogP contribution in [0.25, 0.3) is 0 Å². The highest BCUT2D eigenvalue weighted by Gasteiger charge is 2.42. The number of hydrazine groups is 1. The van der Waals surface area contributed by atoms with Crippen LogP contribution in [0.1, 0.15) is 46.9 Å². The lowest BCUT2D eigenvalue weighted by molar-refractivity contribution is -0.154. The Morgan fingerprint density at radius 1 is 0.955 bits per heavy atom. The molecule has 10 heteroatoms. The van der Waals surface area contributed by atoms with E-state index in [9.17, 15) is 14.4 Å². The van der Waals surface area contributed by atoms with Gasteiger partial charge in [0.05, 0.1) is 30.4 Å². The minimum atomic E-state index is -1.03. The van der Waals surface area contributed by atoms with Gasteiger partial charge in [-0.1, -0.05) is 66.5 Å². The molecular formula is C34H36N2O6S2. The number of carbonyl (C=O) groups is 3. The number of rotatable bonds is 10. The first-order chi connectivity index (χ1) is 21.3. The third-order valence-electron chi connectivity index (χ3n) is 7.39. The number of benzene rings is 3. The number of thiocarbonyl (C=S) groups is 1. The van der Waals surface area contributed by atoms with Crippen molar-refractivity contribution in [3.63, 3.8) is 0 Å². The Hall–Kier alpha value is -4.15. The summed E-state index contributed by atoms with van der Waals surface area (Å²) in [6.07, 6.45) is 5.93. The molecule has 0 aromatic heterocycles. The summed E-state index contributed by atoms with van der Waals surface area (Å²) < 4.78 is 17.0. The normalized spacial score (nSPS) is 17.3. The summed E-state index contributed by atoms with van der Waals surface area (Å²) in [5.74, 6) is -0.478. The van der Waals surface area contributed by atoms with Crippen molar-refractivity contribution in [3.05, 3.63) is 108 Å². The van der Waals surface area contributed by atoms with E-state index < -0.39 is 17.5 Å². The topological polar surface area (TPSA) is 85.4 Å². The minimum absolute atomic E-state index is 0.151. The Labute approximate surface area is 267 Å². The molecule has 1 aliphatic carbocycles. The molecule has 1 aliphatic rings. The number of anilines is 1. The number of amides is 1. The van der Waals surface area contributed by atoms with Crippen LogP contribution in [0.3, 0.4) is 0 Å². The van der Waals surface area contributed by atoms with Gasteiger partial charge in [0, 0.05) is 12.1 Å². The Kier molecular flexibility index (Phi) is 11.6. The Bertz CT molecular complexity index is 1470. The van der Waals surface area contributed by atoms with Crippen molar-refractivity contribution in [1.82, 2.24) is 5.01 Å². The largest absolute Gasteiger partial charge is 0.497 e. The van der Waals surface area contributed by atoms with Gasteiger partial charge in [0.15, 0.2) is 4.32 Å². The number of hydrogen-bond acceptors (Lipinski definition) is 8. The molecular weight excluding hydrogens is 597 g/mol. The number of methoxy groups -OCH3 is 1. The number of carbonyl (C=O) groups excluding carboxylic acids is 3. The molecule has 3 aromatic rings. The predicted molar refractivity (Wildman–Crippen MR) is 177 cm³/mol. The highest BCUT2D eigenvalue weighted by molar-refractivity contribution is 8.22. The fraction of sp³-hybridized carbons (Fsp3) is 0.294. The van der Waals surface area contributed by atoms with Gasteiger partial charge < -0.3 is 14.2 Å². The number of para-hydroxylation sites is 1. The van der Waals surface area contributed by atoms with Gasteiger partial charge in [0.1, 0.15) is 11.9 Å². The monoisotopic (exact) mass is 632 g/mol. The zero-order valence-corrected chi connectivity index (χ0v) is 26.6. The first kappa shape index (κ1) is 32.8. The maximum Gasteiger partial charge on any atom is 0.338 e. The van der Waals surface area contributed by atoms with Crippen LogP contribution < -0.4 is 9.75 Å². The Balaban J connectivity index is 1.64. The van der Waals surface area contributed by atoms with E-state index in [0.29, 0.717) is 39.7 Å². The lowest BCUT2D eigenvalue weighted by Gasteiger charge is -2.39. The smallest absolute Gasteiger partial charge is 0.338 e. The SMILES string of the molecule is CCOC(=O)C1(CCN(C(=O)c2ccc(OC)cc2)N(C(=S)SC)c2ccccc2)C=CC(OC(=O)c2ccccc2)CC1. The van der Waals surface area contributed by atoms with Crippen LogP contribution in [0.5, 0.6) is 5.75 Å². The number of nitrogens with zero attached hydrogens (tertiary/aromatic N) is 2. The minimum Gasteiger partial charge on any atom is -0.497 e. The summed E-state index contributed by atoms with van der Waals surface area (Å²) >= 11 is 7.10. The van der Waals surface area contributed by atoms with Gasteiger partial charge in [-0.2, -0.15) is 0 Å². The summed E-state index contributed by atoms with van der Waals surface area (Å²) in [7, 11) is 1.57. The van der Waals surface area contributed by atoms with E-state index >= 15 is 0 Å². The van der Waals surface area contributed by atoms with Crippen molar-refractivity contribution in [3.8, 4) is 5.75 Å². The second-order valence-corrected chi connectivity index (χ2v) is 11.5. The lowest BCUT2D eigenvalue weighted by Crippen LogP contribution is -2.51. The zero-order chi connectivity index (χ0) is 31.5. The lowest BCUT2D eigenvalue weighted by atomic mass is 9.75. The van der Waals surface area contributed by atoms with Gasteiger partial charge in [-0.05, 0) is 87.0 Å². The quantitative estimate of drug-likeness (QED) is 0.105. The molecule has 0 heterocycles. The van der Waals surface area contributed by atoms with Gasteiger partial charge in [0.25, 0.3) is 5.91 Å². The molecule has 0 radical (unpaired) electrons. The maximum absolute atomic E-state index is 14.1. The molecule has 230 valence electrons. The molecule has 3 aromatic carbocycles. The molecule has 4 rings (SSSR count). The molecule has 2 atom stereocenters. The average molecular weight is 633 g/mol. The van der Waals surface area contributed by atoms with Gasteiger partial charge in [-0.25, -0.2) is 14.8 Å². The highest BCUT2D eigenvalue weighted by Crippen LogP contribution is 2.38. The second-order valence-electron chi connectivity index (χ2n) is 10.1. The Morgan fingerprint density at radius 3 is 2.18 bits per heavy atom. The number of hydrogen-bond donors (Lipinski definition) is 0. The molecule has 0 saturated carbocycles. The molecule has 0 fully saturated rings. The van der Waals surface area contributed by atoms with E-state index in [2.05, 4.69) is 0 Å². The van der Waals surface area contributed by atoms with Crippen LogP contribution in [-0.2, 0) is 14.3 Å². The molecule has 0 bridgehead atoms. The maximum atomic E-state index is 14.1. The third kappa shape index (κ3) is 7.86. The molecule has 0 spiro atoms. The predicted octanol–water partition coefficient (Wildman–Crippen LogP) is 6.72. The third-order valence-corrected chi connectivity index (χ3v) is 8.58. The van der Waals surface area contributed by atoms with Gasteiger partial charge in [-0.15, -0.1) is 0 Å². The fourth-order valence-electron chi connectivity index (χ4n) is 4.98. The number of ether oxygens (including phenoxy) is 3. The van der Waals surface area contributed by atoms with Gasteiger partial charge in [-0.3, -0.25) is 9.59 Å². The van der Waals surface area contributed by atoms with Crippen molar-refractivity contribution in [1.29, 1.82) is 0 Å². The molecule has 44 heavy (non-hydrogen) atoms. The molecule has 0 N–H and O–H groups in total. The molecule has 0 aliphatic heterocycles. The first-order valence-electron chi connectivity index (χ1n) is 14.3. The van der Waals surface area contributed by atoms with Crippen molar-refractivity contribution in [2.45, 2.75) is 32.3 Å². The molecule has 1 amide bonds. The van der Waals surface area contributed by atoms with E-state index in [1.54, 1.807) is 84.7 Å². The van der Waals surface area contributed by atoms with E-state index in [0.717, 1.165) is 0 Å². The van der Waals surface area contributed by atoms with Crippen molar-refractivity contribution < 1.29 is 28.6 Å². The van der Waals surface area contributed by atoms with Gasteiger partial charge >= 0.3 is 11.9 Å². The van der Waals surface area contributed by atoms with E-state index in [1.165, 1.54) is 11.8 Å². The summed E-state index contributed by atoms with van der Waals surface area (Å²) in [5, 5.41) is 3.29. The highest BCUT2D eigenvalue weighted by atomic mass is 32.2. The summed E-state index contributed by atoms with van der Waals surface area (Å²) in [4.78, 5) is 40.3. The zero-order valence-electron chi connectivity index (χ0n) is 25.0. The number of esters is 2.